The molecule has 1 N–H and O–H groups in total. The Morgan fingerprint density at radius 1 is 1.69 bits per heavy atom. The summed E-state index contributed by atoms with van der Waals surface area (Å²) in [7, 11) is 1.49. The highest BCUT2D eigenvalue weighted by Gasteiger charge is 2.12. The number of nitrogens with zero attached hydrogens (tertiary/aromatic N) is 2. The van der Waals surface area contributed by atoms with E-state index in [1.807, 2.05) is 11.4 Å². The van der Waals surface area contributed by atoms with Crippen LogP contribution in [0.4, 0.5) is 0 Å². The molecule has 6 nitrogen and oxygen atoms in total. The first-order chi connectivity index (χ1) is 7.70. The maximum atomic E-state index is 11.3. The summed E-state index contributed by atoms with van der Waals surface area (Å²) in [6.07, 6.45) is 0. The summed E-state index contributed by atoms with van der Waals surface area (Å²) in [5.74, 6) is -0.691. The Labute approximate surface area is 94.5 Å². The van der Waals surface area contributed by atoms with Crippen LogP contribution in [0.25, 0.3) is 10.8 Å². The number of carbonyl (C=O) groups excluding carboxylic acids is 1. The van der Waals surface area contributed by atoms with Crippen LogP contribution in [-0.2, 0) is 11.3 Å². The van der Waals surface area contributed by atoms with E-state index in [0.29, 0.717) is 0 Å². The molecule has 84 valence electrons. The first-order valence-corrected chi connectivity index (χ1v) is 5.41. The zero-order chi connectivity index (χ0) is 11.5. The minimum absolute atomic E-state index is 0.135. The maximum absolute atomic E-state index is 11.3. The van der Waals surface area contributed by atoms with Gasteiger partial charge in [-0.05, 0) is 11.4 Å². The first kappa shape index (κ1) is 10.6. The maximum Gasteiger partial charge on any atom is 0.437 e. The predicted molar refractivity (Wildman–Crippen MR) is 58.1 cm³/mol. The normalized spacial score (nSPS) is 10.3. The molecular formula is C9H9N3O3S. The van der Waals surface area contributed by atoms with Crippen molar-refractivity contribution < 1.29 is 9.21 Å². The van der Waals surface area contributed by atoms with Gasteiger partial charge in [0, 0.05) is 7.05 Å². The van der Waals surface area contributed by atoms with Gasteiger partial charge in [-0.15, -0.1) is 16.4 Å². The van der Waals surface area contributed by atoms with E-state index in [2.05, 4.69) is 10.4 Å². The third-order valence-corrected chi connectivity index (χ3v) is 2.77. The fraction of sp³-hybridized carbons (Fsp3) is 0.222. The average molecular weight is 239 g/mol. The van der Waals surface area contributed by atoms with Crippen LogP contribution in [0.5, 0.6) is 0 Å². The van der Waals surface area contributed by atoms with Crippen molar-refractivity contribution in [3.8, 4) is 10.8 Å². The van der Waals surface area contributed by atoms with Gasteiger partial charge < -0.3 is 9.73 Å². The van der Waals surface area contributed by atoms with Crippen molar-refractivity contribution in [2.75, 3.05) is 7.05 Å². The number of rotatable bonds is 3. The minimum Gasteiger partial charge on any atom is -0.387 e. The van der Waals surface area contributed by atoms with Gasteiger partial charge in [0.1, 0.15) is 6.54 Å². The van der Waals surface area contributed by atoms with Gasteiger partial charge in [-0.1, -0.05) is 6.07 Å². The molecule has 0 fully saturated rings. The largest absolute Gasteiger partial charge is 0.437 e. The molecule has 0 bridgehead atoms. The SMILES string of the molecule is CNC(=O)Cn1nc(-c2cccs2)oc1=O. The van der Waals surface area contributed by atoms with Crippen LogP contribution >= 0.6 is 11.3 Å². The fourth-order valence-electron chi connectivity index (χ4n) is 1.12. The smallest absolute Gasteiger partial charge is 0.387 e. The lowest BCUT2D eigenvalue weighted by Gasteiger charge is -1.95. The standard InChI is InChI=1S/C9H9N3O3S/c1-10-7(13)5-12-9(14)15-8(11-12)6-3-2-4-16-6/h2-4H,5H2,1H3,(H,10,13). The van der Waals surface area contributed by atoms with Crippen LogP contribution in [-0.4, -0.2) is 22.7 Å². The van der Waals surface area contributed by atoms with Crippen molar-refractivity contribution in [2.45, 2.75) is 6.54 Å². The Morgan fingerprint density at radius 2 is 2.50 bits per heavy atom. The molecule has 0 atom stereocenters. The van der Waals surface area contributed by atoms with E-state index < -0.39 is 5.76 Å². The van der Waals surface area contributed by atoms with Gasteiger partial charge in [0.2, 0.25) is 5.91 Å². The van der Waals surface area contributed by atoms with E-state index in [9.17, 15) is 9.59 Å². The van der Waals surface area contributed by atoms with Gasteiger partial charge in [-0.25, -0.2) is 4.79 Å². The number of likely N-dealkylation sites (N-methyl/N-ethyl adjacent to an activating group) is 1. The van der Waals surface area contributed by atoms with Gasteiger partial charge in [-0.3, -0.25) is 4.79 Å². The second kappa shape index (κ2) is 4.31. The molecule has 0 spiro atoms. The van der Waals surface area contributed by atoms with Gasteiger partial charge in [0.25, 0.3) is 5.89 Å². The highest BCUT2D eigenvalue weighted by atomic mass is 32.1. The summed E-state index contributed by atoms with van der Waals surface area (Å²) in [5.41, 5.74) is 0. The van der Waals surface area contributed by atoms with Crippen LogP contribution in [0.2, 0.25) is 0 Å². The second-order valence-corrected chi connectivity index (χ2v) is 3.93. The van der Waals surface area contributed by atoms with Crippen LogP contribution in [0, 0.1) is 0 Å². The lowest BCUT2D eigenvalue weighted by atomic mass is 10.5. The quantitative estimate of drug-likeness (QED) is 0.836. The Morgan fingerprint density at radius 3 is 3.12 bits per heavy atom. The Hall–Kier alpha value is -1.89. The second-order valence-electron chi connectivity index (χ2n) is 2.98. The van der Waals surface area contributed by atoms with E-state index >= 15 is 0 Å². The van der Waals surface area contributed by atoms with Crippen molar-refractivity contribution in [2.24, 2.45) is 0 Å². The summed E-state index contributed by atoms with van der Waals surface area (Å²) in [6, 6.07) is 3.62. The molecule has 7 heteroatoms. The molecule has 2 heterocycles. The molecule has 2 aromatic rings. The molecule has 0 unspecified atom stereocenters. The van der Waals surface area contributed by atoms with E-state index in [4.69, 9.17) is 4.42 Å². The number of aromatic nitrogens is 2. The molecule has 0 aromatic carbocycles. The van der Waals surface area contributed by atoms with Gasteiger partial charge in [-0.2, -0.15) is 4.68 Å². The van der Waals surface area contributed by atoms with E-state index in [1.54, 1.807) is 6.07 Å². The summed E-state index contributed by atoms with van der Waals surface area (Å²) in [4.78, 5) is 23.2. The average Bonchev–Trinajstić information content (AvgIpc) is 2.88. The van der Waals surface area contributed by atoms with Crippen molar-refractivity contribution in [1.29, 1.82) is 0 Å². The van der Waals surface area contributed by atoms with Crippen LogP contribution in [0.3, 0.4) is 0 Å². The summed E-state index contributed by atoms with van der Waals surface area (Å²) < 4.78 is 5.93. The highest BCUT2D eigenvalue weighted by molar-refractivity contribution is 7.13. The topological polar surface area (TPSA) is 77.1 Å². The van der Waals surface area contributed by atoms with Gasteiger partial charge in [0.15, 0.2) is 0 Å². The molecule has 0 saturated carbocycles. The van der Waals surface area contributed by atoms with Crippen LogP contribution in [0.15, 0.2) is 26.7 Å². The van der Waals surface area contributed by atoms with Crippen molar-refractivity contribution in [3.05, 3.63) is 28.1 Å². The van der Waals surface area contributed by atoms with Crippen molar-refractivity contribution >= 4 is 17.2 Å². The molecule has 2 aromatic heterocycles. The zero-order valence-corrected chi connectivity index (χ0v) is 9.28. The molecule has 0 aliphatic heterocycles. The van der Waals surface area contributed by atoms with E-state index in [1.165, 1.54) is 18.4 Å². The molecule has 0 aliphatic rings. The summed E-state index contributed by atoms with van der Waals surface area (Å²) >= 11 is 1.41. The van der Waals surface area contributed by atoms with Crippen molar-refractivity contribution in [3.63, 3.8) is 0 Å². The van der Waals surface area contributed by atoms with Crippen LogP contribution < -0.4 is 11.1 Å². The number of hydrogen-bond donors (Lipinski definition) is 1. The van der Waals surface area contributed by atoms with Crippen molar-refractivity contribution in [1.82, 2.24) is 15.1 Å². The number of nitrogens with one attached hydrogen (secondary N) is 1. The number of thiophene rings is 1. The predicted octanol–water partition coefficient (Wildman–Crippen LogP) is 0.311. The van der Waals surface area contributed by atoms with E-state index in [0.717, 1.165) is 9.56 Å². The lowest BCUT2D eigenvalue weighted by Crippen LogP contribution is -2.28. The van der Waals surface area contributed by atoms with Crippen LogP contribution in [0.1, 0.15) is 0 Å². The third kappa shape index (κ3) is 2.03. The Balaban J connectivity index is 2.29. The molecule has 0 aliphatic carbocycles. The third-order valence-electron chi connectivity index (χ3n) is 1.91. The molecule has 1 amide bonds. The monoisotopic (exact) mass is 239 g/mol. The summed E-state index contributed by atoms with van der Waals surface area (Å²) in [5, 5.41) is 8.19. The Bertz CT molecular complexity index is 541. The first-order valence-electron chi connectivity index (χ1n) is 4.53. The lowest BCUT2D eigenvalue weighted by molar-refractivity contribution is -0.121. The molecular weight excluding hydrogens is 230 g/mol. The van der Waals surface area contributed by atoms with E-state index in [-0.39, 0.29) is 18.3 Å². The van der Waals surface area contributed by atoms with Gasteiger partial charge in [0.05, 0.1) is 4.88 Å². The number of hydrogen-bond acceptors (Lipinski definition) is 5. The molecule has 2 rings (SSSR count). The van der Waals surface area contributed by atoms with Gasteiger partial charge >= 0.3 is 5.76 Å². The Kier molecular flexibility index (Phi) is 2.86. The number of carbonyl (C=O) groups is 1. The summed E-state index contributed by atoms with van der Waals surface area (Å²) in [6.45, 7) is -0.135. The molecule has 0 radical (unpaired) electrons. The molecule has 16 heavy (non-hydrogen) atoms. The fourth-order valence-corrected chi connectivity index (χ4v) is 1.77. The zero-order valence-electron chi connectivity index (χ0n) is 8.47. The molecule has 0 saturated heterocycles. The minimum atomic E-state index is -0.632. The highest BCUT2D eigenvalue weighted by Crippen LogP contribution is 2.20. The number of amides is 1.